The first-order valence-electron chi connectivity index (χ1n) is 25.5. The number of unbranched alkanes of at least 4 members (excludes halogenated alkanes) is 31. The largest absolute Gasteiger partial charge is 0.394 e. The Morgan fingerprint density at radius 3 is 1.10 bits per heavy atom. The number of carbonyl (C=O) groups excluding carboxylic acids is 1. The molecule has 0 spiro atoms. The quantitative estimate of drug-likeness (QED) is 0.0424. The molecule has 338 valence electrons. The molecule has 3 N–H and O–H groups in total. The number of amides is 1. The van der Waals surface area contributed by atoms with E-state index in [0.29, 0.717) is 6.42 Å². The molecule has 2 atom stereocenters. The van der Waals surface area contributed by atoms with Gasteiger partial charge < -0.3 is 15.5 Å². The summed E-state index contributed by atoms with van der Waals surface area (Å²) in [6.45, 7) is 4.30. The number of rotatable bonds is 46. The lowest BCUT2D eigenvalue weighted by molar-refractivity contribution is -0.123. The van der Waals surface area contributed by atoms with Gasteiger partial charge in [0.05, 0.1) is 18.8 Å². The van der Waals surface area contributed by atoms with Crippen molar-refractivity contribution in [3.8, 4) is 0 Å². The highest BCUT2D eigenvalue weighted by Gasteiger charge is 2.17. The maximum atomic E-state index is 12.4. The van der Waals surface area contributed by atoms with Crippen molar-refractivity contribution in [1.82, 2.24) is 5.32 Å². The molecule has 0 aliphatic rings. The summed E-state index contributed by atoms with van der Waals surface area (Å²) in [5, 5.41) is 23.1. The molecular weight excluding hydrogens is 711 g/mol. The molecule has 58 heavy (non-hydrogen) atoms. The van der Waals surface area contributed by atoms with Gasteiger partial charge in [0, 0.05) is 6.42 Å². The van der Waals surface area contributed by atoms with Gasteiger partial charge in [0.1, 0.15) is 0 Å². The maximum Gasteiger partial charge on any atom is 0.220 e. The highest BCUT2D eigenvalue weighted by Crippen LogP contribution is 2.15. The first kappa shape index (κ1) is 56.1. The van der Waals surface area contributed by atoms with Crippen molar-refractivity contribution in [1.29, 1.82) is 0 Å². The number of allylic oxidation sites excluding steroid dienone is 9. The average Bonchev–Trinajstić information content (AvgIpc) is 3.23. The van der Waals surface area contributed by atoms with Gasteiger partial charge in [-0.05, 0) is 77.0 Å². The predicted octanol–water partition coefficient (Wildman–Crippen LogP) is 16.5. The molecule has 0 saturated carbocycles. The van der Waals surface area contributed by atoms with Crippen LogP contribution in [0, 0.1) is 0 Å². The van der Waals surface area contributed by atoms with E-state index in [2.05, 4.69) is 67.8 Å². The van der Waals surface area contributed by atoms with Gasteiger partial charge in [-0.15, -0.1) is 0 Å². The lowest BCUT2D eigenvalue weighted by atomic mass is 10.1. The van der Waals surface area contributed by atoms with Crippen LogP contribution < -0.4 is 5.32 Å². The Bertz CT molecular complexity index is 965. The second-order valence-corrected chi connectivity index (χ2v) is 17.2. The third-order valence-corrected chi connectivity index (χ3v) is 11.5. The highest BCUT2D eigenvalue weighted by atomic mass is 16.3. The topological polar surface area (TPSA) is 69.6 Å². The minimum absolute atomic E-state index is 0.0820. The van der Waals surface area contributed by atoms with Crippen LogP contribution in [0.1, 0.15) is 258 Å². The van der Waals surface area contributed by atoms with E-state index in [9.17, 15) is 15.0 Å². The fourth-order valence-corrected chi connectivity index (χ4v) is 7.54. The van der Waals surface area contributed by atoms with Crippen molar-refractivity contribution < 1.29 is 15.0 Å². The molecular formula is C54H99NO3. The lowest BCUT2D eigenvalue weighted by Gasteiger charge is -2.19. The second kappa shape index (κ2) is 49.5. The monoisotopic (exact) mass is 810 g/mol. The van der Waals surface area contributed by atoms with Crippen LogP contribution in [0.25, 0.3) is 0 Å². The number of carbonyl (C=O) groups is 1. The normalized spacial score (nSPS) is 13.4. The SMILES string of the molecule is CCCCCCCCCCC/C=C\C/C=C\CCCCCCCCCCCC(=O)NC(CO)C(O)/C=C/CC/C=C/CC/C=C/CCCCCCCCCCCCC. The molecule has 0 aliphatic heterocycles. The summed E-state index contributed by atoms with van der Waals surface area (Å²) in [6, 6.07) is -0.650. The van der Waals surface area contributed by atoms with E-state index in [0.717, 1.165) is 44.9 Å². The van der Waals surface area contributed by atoms with Crippen LogP contribution in [0.3, 0.4) is 0 Å². The van der Waals surface area contributed by atoms with E-state index in [-0.39, 0.29) is 12.5 Å². The number of hydrogen-bond acceptors (Lipinski definition) is 3. The van der Waals surface area contributed by atoms with Crippen LogP contribution in [-0.2, 0) is 4.79 Å². The molecule has 0 bridgehead atoms. The zero-order valence-corrected chi connectivity index (χ0v) is 38.8. The van der Waals surface area contributed by atoms with E-state index < -0.39 is 12.1 Å². The van der Waals surface area contributed by atoms with Crippen molar-refractivity contribution in [2.75, 3.05) is 6.61 Å². The van der Waals surface area contributed by atoms with Crippen molar-refractivity contribution >= 4 is 5.91 Å². The number of aliphatic hydroxyl groups excluding tert-OH is 2. The summed E-state index contributed by atoms with van der Waals surface area (Å²) >= 11 is 0. The van der Waals surface area contributed by atoms with Crippen LogP contribution in [0.2, 0.25) is 0 Å². The van der Waals surface area contributed by atoms with Gasteiger partial charge in [-0.25, -0.2) is 0 Å². The summed E-state index contributed by atoms with van der Waals surface area (Å²) in [6.07, 6.45) is 69.3. The molecule has 0 aromatic rings. The molecule has 2 unspecified atom stereocenters. The third-order valence-electron chi connectivity index (χ3n) is 11.5. The zero-order chi connectivity index (χ0) is 42.1. The predicted molar refractivity (Wildman–Crippen MR) is 258 cm³/mol. The van der Waals surface area contributed by atoms with Crippen molar-refractivity contribution in [2.45, 2.75) is 270 Å². The molecule has 0 aliphatic carbocycles. The summed E-state index contributed by atoms with van der Waals surface area (Å²) in [5.74, 6) is -0.0820. The van der Waals surface area contributed by atoms with Crippen LogP contribution in [0.5, 0.6) is 0 Å². The maximum absolute atomic E-state index is 12.4. The Morgan fingerprint density at radius 1 is 0.414 bits per heavy atom. The summed E-state index contributed by atoms with van der Waals surface area (Å²) in [5.41, 5.74) is 0. The minimum Gasteiger partial charge on any atom is -0.394 e. The Kier molecular flexibility index (Phi) is 47.8. The Morgan fingerprint density at radius 2 is 0.724 bits per heavy atom. The van der Waals surface area contributed by atoms with Gasteiger partial charge in [-0.2, -0.15) is 0 Å². The van der Waals surface area contributed by atoms with Crippen LogP contribution >= 0.6 is 0 Å². The Hall–Kier alpha value is -1.91. The third kappa shape index (κ3) is 45.2. The summed E-state index contributed by atoms with van der Waals surface area (Å²) in [4.78, 5) is 12.4. The smallest absolute Gasteiger partial charge is 0.220 e. The molecule has 0 heterocycles. The van der Waals surface area contributed by atoms with Crippen molar-refractivity contribution in [3.63, 3.8) is 0 Å². The van der Waals surface area contributed by atoms with E-state index in [1.807, 2.05) is 6.08 Å². The van der Waals surface area contributed by atoms with E-state index in [4.69, 9.17) is 0 Å². The molecule has 4 heteroatoms. The van der Waals surface area contributed by atoms with Crippen LogP contribution in [0.15, 0.2) is 60.8 Å². The van der Waals surface area contributed by atoms with Gasteiger partial charge in [-0.1, -0.05) is 235 Å². The van der Waals surface area contributed by atoms with E-state index >= 15 is 0 Å². The first-order valence-corrected chi connectivity index (χ1v) is 25.5. The van der Waals surface area contributed by atoms with Crippen LogP contribution in [-0.4, -0.2) is 34.9 Å². The van der Waals surface area contributed by atoms with E-state index in [1.165, 1.54) is 193 Å². The van der Waals surface area contributed by atoms with Gasteiger partial charge in [0.15, 0.2) is 0 Å². The standard InChI is InChI=1S/C54H99NO3/c1-3-5-7-9-11-13-15-17-19-21-23-25-26-27-28-30-32-34-36-38-40-42-44-46-48-50-54(58)55-52(51-56)53(57)49-47-45-43-41-39-37-35-33-31-29-24-22-20-18-16-14-12-10-8-6-4-2/h23,25,27-28,31,33,39,41,47,49,52-53,56-57H,3-22,24,26,29-30,32,34-38,40,42-46,48,50-51H2,1-2H3,(H,55,58)/b25-23-,28-27-,33-31+,41-39+,49-47+. The second-order valence-electron chi connectivity index (χ2n) is 17.2. The van der Waals surface area contributed by atoms with Crippen LogP contribution in [0.4, 0.5) is 0 Å². The van der Waals surface area contributed by atoms with Gasteiger partial charge in [0.25, 0.3) is 0 Å². The molecule has 4 nitrogen and oxygen atoms in total. The van der Waals surface area contributed by atoms with Crippen molar-refractivity contribution in [2.24, 2.45) is 0 Å². The molecule has 0 aromatic heterocycles. The number of aliphatic hydroxyl groups is 2. The molecule has 0 aromatic carbocycles. The molecule has 0 rings (SSSR count). The zero-order valence-electron chi connectivity index (χ0n) is 38.8. The summed E-state index contributed by atoms with van der Waals surface area (Å²) in [7, 11) is 0. The molecule has 0 radical (unpaired) electrons. The van der Waals surface area contributed by atoms with Gasteiger partial charge >= 0.3 is 0 Å². The van der Waals surface area contributed by atoms with E-state index in [1.54, 1.807) is 6.08 Å². The molecule has 1 amide bonds. The molecule has 0 saturated heterocycles. The van der Waals surface area contributed by atoms with Gasteiger partial charge in [-0.3, -0.25) is 4.79 Å². The Balaban J connectivity index is 3.61. The molecule has 0 fully saturated rings. The summed E-state index contributed by atoms with van der Waals surface area (Å²) < 4.78 is 0. The van der Waals surface area contributed by atoms with Crippen molar-refractivity contribution in [3.05, 3.63) is 60.8 Å². The number of hydrogen-bond donors (Lipinski definition) is 3. The first-order chi connectivity index (χ1) is 28.7. The average molecular weight is 810 g/mol. The fraction of sp³-hybridized carbons (Fsp3) is 0.796. The van der Waals surface area contributed by atoms with Gasteiger partial charge in [0.2, 0.25) is 5.91 Å². The number of nitrogens with one attached hydrogen (secondary N) is 1. The highest BCUT2D eigenvalue weighted by molar-refractivity contribution is 5.76. The Labute approximate surface area is 362 Å². The lowest BCUT2D eigenvalue weighted by Crippen LogP contribution is -2.45. The minimum atomic E-state index is -0.874. The fourth-order valence-electron chi connectivity index (χ4n) is 7.54.